The molecule has 4 rings (SSSR count). The van der Waals surface area contributed by atoms with Crippen molar-refractivity contribution in [1.29, 1.82) is 0 Å². The summed E-state index contributed by atoms with van der Waals surface area (Å²) < 4.78 is 17.1. The number of carbonyl (C=O) groups excluding carboxylic acids is 1. The Labute approximate surface area is 173 Å². The number of anilines is 1. The number of hydrogen-bond acceptors (Lipinski definition) is 7. The van der Waals surface area contributed by atoms with Crippen molar-refractivity contribution in [3.63, 3.8) is 0 Å². The average Bonchev–Trinajstić information content (AvgIpc) is 3.32. The first-order valence-corrected chi connectivity index (χ1v) is 9.70. The van der Waals surface area contributed by atoms with Crippen molar-refractivity contribution in [2.45, 2.75) is 12.8 Å². The minimum Gasteiger partial charge on any atom is -0.493 e. The lowest BCUT2D eigenvalue weighted by Gasteiger charge is -2.22. The molecule has 1 aliphatic heterocycles. The summed E-state index contributed by atoms with van der Waals surface area (Å²) in [6.07, 6.45) is 2.06. The van der Waals surface area contributed by atoms with Crippen molar-refractivity contribution >= 4 is 22.8 Å². The summed E-state index contributed by atoms with van der Waals surface area (Å²) in [6, 6.07) is 10.1. The predicted octanol–water partition coefficient (Wildman–Crippen LogP) is 2.79. The van der Waals surface area contributed by atoms with Crippen LogP contribution in [0.25, 0.3) is 16.6 Å². The van der Waals surface area contributed by atoms with Gasteiger partial charge in [0.05, 0.1) is 43.5 Å². The largest absolute Gasteiger partial charge is 0.493 e. The molecule has 2 heterocycles. The minimum atomic E-state index is -0.467. The van der Waals surface area contributed by atoms with Gasteiger partial charge in [0.15, 0.2) is 11.5 Å². The monoisotopic (exact) mass is 409 g/mol. The molecule has 0 aliphatic carbocycles. The number of carbonyl (C=O) groups is 1. The lowest BCUT2D eigenvalue weighted by atomic mass is 10.1. The first kappa shape index (κ1) is 19.8. The van der Waals surface area contributed by atoms with E-state index < -0.39 is 5.97 Å². The number of nitrogens with zero attached hydrogens (tertiary/aromatic N) is 3. The van der Waals surface area contributed by atoms with Crippen LogP contribution in [-0.4, -0.2) is 49.9 Å². The third-order valence-corrected chi connectivity index (χ3v) is 5.29. The van der Waals surface area contributed by atoms with E-state index in [1.54, 1.807) is 55.2 Å². The van der Waals surface area contributed by atoms with Crippen LogP contribution in [0.3, 0.4) is 0 Å². The van der Waals surface area contributed by atoms with Gasteiger partial charge >= 0.3 is 5.97 Å². The van der Waals surface area contributed by atoms with E-state index in [0.717, 1.165) is 25.9 Å². The van der Waals surface area contributed by atoms with Gasteiger partial charge in [-0.05, 0) is 43.2 Å². The molecule has 0 atom stereocenters. The van der Waals surface area contributed by atoms with E-state index in [9.17, 15) is 9.59 Å². The summed E-state index contributed by atoms with van der Waals surface area (Å²) in [5.41, 5.74) is 1.23. The topological polar surface area (TPSA) is 82.9 Å². The van der Waals surface area contributed by atoms with Crippen molar-refractivity contribution in [1.82, 2.24) is 9.55 Å². The molecule has 8 nitrogen and oxygen atoms in total. The zero-order chi connectivity index (χ0) is 21.3. The molecule has 0 amide bonds. The zero-order valence-corrected chi connectivity index (χ0v) is 17.2. The summed E-state index contributed by atoms with van der Waals surface area (Å²) in [4.78, 5) is 32.3. The highest BCUT2D eigenvalue weighted by molar-refractivity contribution is 5.94. The number of hydrogen-bond donors (Lipinski definition) is 0. The highest BCUT2D eigenvalue weighted by atomic mass is 16.5. The van der Waals surface area contributed by atoms with Gasteiger partial charge in [0, 0.05) is 19.2 Å². The molecule has 0 unspecified atom stereocenters. The molecule has 0 N–H and O–H groups in total. The van der Waals surface area contributed by atoms with Crippen LogP contribution in [0.4, 0.5) is 5.95 Å². The Kier molecular flexibility index (Phi) is 5.31. The molecule has 1 aromatic heterocycles. The van der Waals surface area contributed by atoms with Crippen LogP contribution >= 0.6 is 0 Å². The number of aromatic nitrogens is 2. The maximum absolute atomic E-state index is 13.5. The minimum absolute atomic E-state index is 0.217. The Balaban J connectivity index is 1.98. The lowest BCUT2D eigenvalue weighted by Crippen LogP contribution is -2.30. The third kappa shape index (κ3) is 3.34. The van der Waals surface area contributed by atoms with Gasteiger partial charge in [-0.1, -0.05) is 0 Å². The van der Waals surface area contributed by atoms with Gasteiger partial charge in [-0.25, -0.2) is 14.3 Å². The zero-order valence-electron chi connectivity index (χ0n) is 17.2. The Morgan fingerprint density at radius 3 is 2.37 bits per heavy atom. The van der Waals surface area contributed by atoms with Crippen molar-refractivity contribution in [2.24, 2.45) is 0 Å². The average molecular weight is 409 g/mol. The van der Waals surface area contributed by atoms with Crippen LogP contribution in [0.15, 0.2) is 41.2 Å². The third-order valence-electron chi connectivity index (χ3n) is 5.29. The van der Waals surface area contributed by atoms with Crippen molar-refractivity contribution < 1.29 is 19.0 Å². The Morgan fingerprint density at radius 1 is 0.967 bits per heavy atom. The molecule has 8 heteroatoms. The smallest absolute Gasteiger partial charge is 0.337 e. The first-order valence-electron chi connectivity index (χ1n) is 9.70. The van der Waals surface area contributed by atoms with Crippen LogP contribution in [0.2, 0.25) is 0 Å². The summed E-state index contributed by atoms with van der Waals surface area (Å²) >= 11 is 0. The predicted molar refractivity (Wildman–Crippen MR) is 113 cm³/mol. The maximum Gasteiger partial charge on any atom is 0.337 e. The Bertz CT molecular complexity index is 1170. The molecule has 1 aliphatic rings. The van der Waals surface area contributed by atoms with Crippen molar-refractivity contribution in [2.75, 3.05) is 39.3 Å². The van der Waals surface area contributed by atoms with Gasteiger partial charge in [-0.3, -0.25) is 4.79 Å². The van der Waals surface area contributed by atoms with Crippen LogP contribution in [0, 0.1) is 0 Å². The van der Waals surface area contributed by atoms with E-state index in [2.05, 4.69) is 4.90 Å². The molecule has 0 bridgehead atoms. The fraction of sp³-hybridized carbons (Fsp3) is 0.318. The fourth-order valence-corrected chi connectivity index (χ4v) is 3.74. The summed E-state index contributed by atoms with van der Waals surface area (Å²) in [7, 11) is 4.44. The normalized spacial score (nSPS) is 13.5. The van der Waals surface area contributed by atoms with Gasteiger partial charge in [0.25, 0.3) is 5.56 Å². The quantitative estimate of drug-likeness (QED) is 0.599. The molecular weight excluding hydrogens is 386 g/mol. The van der Waals surface area contributed by atoms with Crippen LogP contribution in [0.5, 0.6) is 11.5 Å². The van der Waals surface area contributed by atoms with E-state index in [0.29, 0.717) is 39.6 Å². The second-order valence-electron chi connectivity index (χ2n) is 7.01. The molecule has 0 radical (unpaired) electrons. The highest BCUT2D eigenvalue weighted by Crippen LogP contribution is 2.31. The second-order valence-corrected chi connectivity index (χ2v) is 7.01. The summed E-state index contributed by atoms with van der Waals surface area (Å²) in [5.74, 6) is 1.17. The Hall–Kier alpha value is -3.55. The number of methoxy groups -OCH3 is 3. The maximum atomic E-state index is 13.5. The van der Waals surface area contributed by atoms with E-state index in [1.165, 1.54) is 7.11 Å². The molecule has 3 aromatic rings. The van der Waals surface area contributed by atoms with Crippen LogP contribution in [0.1, 0.15) is 23.2 Å². The molecule has 156 valence electrons. The Morgan fingerprint density at radius 2 is 1.70 bits per heavy atom. The van der Waals surface area contributed by atoms with Crippen molar-refractivity contribution in [3.05, 3.63) is 52.3 Å². The van der Waals surface area contributed by atoms with Crippen molar-refractivity contribution in [3.8, 4) is 17.2 Å². The molecule has 1 saturated heterocycles. The SMILES string of the molecule is COC(=O)c1ccc2c(=O)n(-c3ccc(OC)c(OC)c3)c(N3CCCC3)nc2c1. The number of fused-ring (bicyclic) bond motifs is 1. The van der Waals surface area contributed by atoms with Gasteiger partial charge < -0.3 is 19.1 Å². The van der Waals surface area contributed by atoms with E-state index >= 15 is 0 Å². The van der Waals surface area contributed by atoms with Gasteiger partial charge in [0.1, 0.15) is 0 Å². The molecular formula is C22H23N3O5. The fourth-order valence-electron chi connectivity index (χ4n) is 3.74. The molecule has 1 fully saturated rings. The first-order chi connectivity index (χ1) is 14.6. The molecule has 0 saturated carbocycles. The summed E-state index contributed by atoms with van der Waals surface area (Å²) in [6.45, 7) is 1.61. The number of rotatable bonds is 5. The van der Waals surface area contributed by atoms with E-state index in [4.69, 9.17) is 19.2 Å². The number of esters is 1. The summed E-state index contributed by atoms with van der Waals surface area (Å²) in [5, 5.41) is 0.417. The van der Waals surface area contributed by atoms with Crippen LogP contribution < -0.4 is 19.9 Å². The van der Waals surface area contributed by atoms with Gasteiger partial charge in [-0.15, -0.1) is 0 Å². The molecule has 2 aromatic carbocycles. The van der Waals surface area contributed by atoms with Crippen LogP contribution in [-0.2, 0) is 4.74 Å². The second kappa shape index (κ2) is 8.06. The van der Waals surface area contributed by atoms with Gasteiger partial charge in [-0.2, -0.15) is 0 Å². The number of ether oxygens (including phenoxy) is 3. The van der Waals surface area contributed by atoms with Gasteiger partial charge in [0.2, 0.25) is 5.95 Å². The van der Waals surface area contributed by atoms with E-state index in [-0.39, 0.29) is 5.56 Å². The molecule has 0 spiro atoms. The van der Waals surface area contributed by atoms with E-state index in [1.807, 2.05) is 0 Å². The number of benzene rings is 2. The molecule has 30 heavy (non-hydrogen) atoms. The highest BCUT2D eigenvalue weighted by Gasteiger charge is 2.22. The lowest BCUT2D eigenvalue weighted by molar-refractivity contribution is 0.0601. The standard InChI is InChI=1S/C22H23N3O5/c1-28-18-9-7-15(13-19(18)29-2)25-20(26)16-8-6-14(21(27)30-3)12-17(16)23-22(25)24-10-4-5-11-24/h6-9,12-13H,4-5,10-11H2,1-3H3.